The maximum atomic E-state index is 13.1. The van der Waals surface area contributed by atoms with E-state index in [1.165, 1.54) is 0 Å². The highest BCUT2D eigenvalue weighted by atomic mass is 127. The molecule has 1 N–H and O–H groups in total. The summed E-state index contributed by atoms with van der Waals surface area (Å²) in [5, 5.41) is 2.81. The lowest BCUT2D eigenvalue weighted by molar-refractivity contribution is 0.102. The fourth-order valence-electron chi connectivity index (χ4n) is 3.52. The Labute approximate surface area is 191 Å². The number of likely N-dealkylation sites (N-methyl/N-ethyl adjacent to an activating group) is 1. The van der Waals surface area contributed by atoms with Crippen LogP contribution in [0.1, 0.15) is 24.2 Å². The zero-order chi connectivity index (χ0) is 21.9. The molecule has 1 amide bonds. The zero-order valence-electron chi connectivity index (χ0n) is 17.3. The van der Waals surface area contributed by atoms with Crippen LogP contribution in [0.5, 0.6) is 5.75 Å². The average Bonchev–Trinajstić information content (AvgIpc) is 2.73. The minimum absolute atomic E-state index is 0.0828. The number of nitrogens with one attached hydrogen (secondary N) is 1. The van der Waals surface area contributed by atoms with Crippen molar-refractivity contribution in [3.8, 4) is 5.75 Å². The molecule has 3 rings (SSSR count). The van der Waals surface area contributed by atoms with Gasteiger partial charge in [-0.2, -0.15) is 4.31 Å². The summed E-state index contributed by atoms with van der Waals surface area (Å²) in [5.41, 5.74) is 1.04. The molecule has 162 valence electrons. The summed E-state index contributed by atoms with van der Waals surface area (Å²) in [6.07, 6.45) is 0. The Morgan fingerprint density at radius 3 is 2.47 bits per heavy atom. The average molecular weight is 543 g/mol. The van der Waals surface area contributed by atoms with Gasteiger partial charge in [-0.25, -0.2) is 8.42 Å². The highest BCUT2D eigenvalue weighted by molar-refractivity contribution is 14.1. The number of ether oxygens (including phenoxy) is 1. The number of piperazine rings is 1. The van der Waals surface area contributed by atoms with Crippen molar-refractivity contribution in [1.29, 1.82) is 0 Å². The van der Waals surface area contributed by atoms with Gasteiger partial charge in [0, 0.05) is 36.9 Å². The number of rotatable bonds is 6. The smallest absolute Gasteiger partial charge is 0.255 e. The van der Waals surface area contributed by atoms with E-state index in [9.17, 15) is 13.2 Å². The van der Waals surface area contributed by atoms with Crippen LogP contribution in [0, 0.1) is 3.57 Å². The van der Waals surface area contributed by atoms with Gasteiger partial charge in [0.05, 0.1) is 15.6 Å². The van der Waals surface area contributed by atoms with Gasteiger partial charge in [-0.05, 0) is 78.5 Å². The Hall–Kier alpha value is -1.69. The third-order valence-corrected chi connectivity index (χ3v) is 8.10. The molecule has 9 heteroatoms. The van der Waals surface area contributed by atoms with Crippen LogP contribution in [0.4, 0.5) is 5.69 Å². The van der Waals surface area contributed by atoms with E-state index in [0.29, 0.717) is 23.5 Å². The van der Waals surface area contributed by atoms with E-state index >= 15 is 0 Å². The Kier molecular flexibility index (Phi) is 7.38. The quantitative estimate of drug-likeness (QED) is 0.567. The largest absolute Gasteiger partial charge is 0.496 e. The van der Waals surface area contributed by atoms with Gasteiger partial charge >= 0.3 is 0 Å². The highest BCUT2D eigenvalue weighted by Crippen LogP contribution is 2.24. The van der Waals surface area contributed by atoms with Gasteiger partial charge in [-0.3, -0.25) is 4.79 Å². The SMILES string of the molecule is CCN1CCN(S(=O)(=O)c2ccc(NC(=O)c3ccc(OC)c(I)c3)cc2)C(C)C1. The summed E-state index contributed by atoms with van der Waals surface area (Å²) in [7, 11) is -1.99. The van der Waals surface area contributed by atoms with E-state index in [0.717, 1.165) is 23.2 Å². The molecule has 1 atom stereocenters. The second-order valence-corrected chi connectivity index (χ2v) is 10.2. The van der Waals surface area contributed by atoms with Crippen molar-refractivity contribution in [2.75, 3.05) is 38.6 Å². The van der Waals surface area contributed by atoms with E-state index in [2.05, 4.69) is 39.7 Å². The molecule has 30 heavy (non-hydrogen) atoms. The summed E-state index contributed by atoms with van der Waals surface area (Å²) in [5.74, 6) is 0.436. The standard InChI is InChI=1S/C21H26IN3O4S/c1-4-24-11-12-25(15(2)14-24)30(27,28)18-8-6-17(7-9-18)23-21(26)16-5-10-20(29-3)19(22)13-16/h5-10,13,15H,4,11-12,14H2,1-3H3,(H,23,26). The van der Waals surface area contributed by atoms with Crippen molar-refractivity contribution in [2.24, 2.45) is 0 Å². The molecule has 1 heterocycles. The van der Waals surface area contributed by atoms with Gasteiger partial charge in [-0.15, -0.1) is 0 Å². The lowest BCUT2D eigenvalue weighted by atomic mass is 10.2. The van der Waals surface area contributed by atoms with Gasteiger partial charge in [-0.1, -0.05) is 6.92 Å². The Balaban J connectivity index is 1.71. The third-order valence-electron chi connectivity index (χ3n) is 5.23. The van der Waals surface area contributed by atoms with Crippen LogP contribution in [0.15, 0.2) is 47.4 Å². The van der Waals surface area contributed by atoms with Crippen molar-refractivity contribution >= 4 is 44.2 Å². The van der Waals surface area contributed by atoms with Crippen LogP contribution in [0.25, 0.3) is 0 Å². The number of hydrogen-bond donors (Lipinski definition) is 1. The first-order chi connectivity index (χ1) is 14.3. The number of benzene rings is 2. The molecular weight excluding hydrogens is 517 g/mol. The summed E-state index contributed by atoms with van der Waals surface area (Å²) in [6.45, 7) is 6.87. The molecule has 7 nitrogen and oxygen atoms in total. The fourth-order valence-corrected chi connectivity index (χ4v) is 5.87. The topological polar surface area (TPSA) is 79.0 Å². The highest BCUT2D eigenvalue weighted by Gasteiger charge is 2.33. The lowest BCUT2D eigenvalue weighted by Crippen LogP contribution is -2.53. The summed E-state index contributed by atoms with van der Waals surface area (Å²) in [6, 6.07) is 11.4. The number of amides is 1. The maximum absolute atomic E-state index is 13.1. The number of nitrogens with zero attached hydrogens (tertiary/aromatic N) is 2. The second kappa shape index (κ2) is 9.63. The van der Waals surface area contributed by atoms with E-state index in [-0.39, 0.29) is 16.8 Å². The Morgan fingerprint density at radius 1 is 1.20 bits per heavy atom. The molecule has 0 spiro atoms. The predicted octanol–water partition coefficient (Wildman–Crippen LogP) is 3.27. The molecular formula is C21H26IN3O4S. The van der Waals surface area contributed by atoms with Crippen molar-refractivity contribution in [1.82, 2.24) is 9.21 Å². The lowest BCUT2D eigenvalue weighted by Gasteiger charge is -2.38. The van der Waals surface area contributed by atoms with E-state index in [1.54, 1.807) is 53.9 Å². The first-order valence-electron chi connectivity index (χ1n) is 9.75. The van der Waals surface area contributed by atoms with E-state index in [1.807, 2.05) is 6.92 Å². The molecule has 1 saturated heterocycles. The van der Waals surface area contributed by atoms with Crippen LogP contribution in [0.3, 0.4) is 0 Å². The molecule has 0 radical (unpaired) electrons. The summed E-state index contributed by atoms with van der Waals surface area (Å²) in [4.78, 5) is 15.0. The minimum Gasteiger partial charge on any atom is -0.496 e. The first kappa shape index (κ1) is 23.0. The molecule has 1 aliphatic rings. The van der Waals surface area contributed by atoms with Gasteiger partial charge < -0.3 is 15.0 Å². The van der Waals surface area contributed by atoms with Crippen LogP contribution in [-0.4, -0.2) is 62.9 Å². The Morgan fingerprint density at radius 2 is 1.90 bits per heavy atom. The number of hydrogen-bond acceptors (Lipinski definition) is 5. The third kappa shape index (κ3) is 4.96. The predicted molar refractivity (Wildman–Crippen MR) is 126 cm³/mol. The fraction of sp³-hybridized carbons (Fsp3) is 0.381. The number of carbonyl (C=O) groups is 1. The molecule has 2 aromatic rings. The molecule has 0 bridgehead atoms. The number of carbonyl (C=O) groups excluding carboxylic acids is 1. The molecule has 0 saturated carbocycles. The number of halogens is 1. The number of methoxy groups -OCH3 is 1. The number of sulfonamides is 1. The summed E-state index contributed by atoms with van der Waals surface area (Å²) >= 11 is 2.11. The van der Waals surface area contributed by atoms with Gasteiger partial charge in [0.2, 0.25) is 10.0 Å². The van der Waals surface area contributed by atoms with Crippen LogP contribution in [-0.2, 0) is 10.0 Å². The van der Waals surface area contributed by atoms with Crippen LogP contribution < -0.4 is 10.1 Å². The first-order valence-corrected chi connectivity index (χ1v) is 12.3. The second-order valence-electron chi connectivity index (χ2n) is 7.19. The molecule has 1 unspecified atom stereocenters. The zero-order valence-corrected chi connectivity index (χ0v) is 20.2. The molecule has 1 aliphatic heterocycles. The van der Waals surface area contributed by atoms with Gasteiger partial charge in [0.1, 0.15) is 5.75 Å². The molecule has 2 aromatic carbocycles. The van der Waals surface area contributed by atoms with Crippen molar-refractivity contribution in [3.63, 3.8) is 0 Å². The van der Waals surface area contributed by atoms with E-state index < -0.39 is 10.0 Å². The Bertz CT molecular complexity index is 1010. The van der Waals surface area contributed by atoms with Gasteiger partial charge in [0.25, 0.3) is 5.91 Å². The van der Waals surface area contributed by atoms with Crippen molar-refractivity contribution in [3.05, 3.63) is 51.6 Å². The number of anilines is 1. The summed E-state index contributed by atoms with van der Waals surface area (Å²) < 4.78 is 33.7. The van der Waals surface area contributed by atoms with Crippen LogP contribution >= 0.6 is 22.6 Å². The monoisotopic (exact) mass is 543 g/mol. The molecule has 0 aromatic heterocycles. The molecule has 1 fully saturated rings. The molecule has 0 aliphatic carbocycles. The normalized spacial score (nSPS) is 18.2. The minimum atomic E-state index is -3.57. The van der Waals surface area contributed by atoms with E-state index in [4.69, 9.17) is 4.74 Å². The van der Waals surface area contributed by atoms with Gasteiger partial charge in [0.15, 0.2) is 0 Å². The maximum Gasteiger partial charge on any atom is 0.255 e. The van der Waals surface area contributed by atoms with Crippen LogP contribution in [0.2, 0.25) is 0 Å². The van der Waals surface area contributed by atoms with Crippen molar-refractivity contribution < 1.29 is 17.9 Å². The van der Waals surface area contributed by atoms with Crippen molar-refractivity contribution in [2.45, 2.75) is 24.8 Å².